The molecule has 6 heteroatoms. The van der Waals surface area contributed by atoms with Crippen molar-refractivity contribution in [2.75, 3.05) is 37.0 Å². The van der Waals surface area contributed by atoms with Gasteiger partial charge in [0.1, 0.15) is 5.75 Å². The Morgan fingerprint density at radius 2 is 2.09 bits per heavy atom. The van der Waals surface area contributed by atoms with Crippen molar-refractivity contribution in [1.82, 2.24) is 0 Å². The molecule has 0 atom stereocenters. The first kappa shape index (κ1) is 17.8. The van der Waals surface area contributed by atoms with Crippen LogP contribution in [0.1, 0.15) is 27.2 Å². The molecular formula is C16H23N2O4. The van der Waals surface area contributed by atoms with Crippen molar-refractivity contribution in [3.05, 3.63) is 18.2 Å². The lowest BCUT2D eigenvalue weighted by Crippen LogP contribution is -2.27. The summed E-state index contributed by atoms with van der Waals surface area (Å²) in [6.45, 7) is 6.79. The number of carbonyl (C=O) groups is 2. The topological polar surface area (TPSA) is 67.9 Å². The Hall–Kier alpha value is -2.24. The number of anilines is 2. The molecule has 0 aliphatic rings. The van der Waals surface area contributed by atoms with Gasteiger partial charge >= 0.3 is 5.97 Å². The number of amides is 1. The molecule has 1 rings (SSSR count). The van der Waals surface area contributed by atoms with Gasteiger partial charge in [0, 0.05) is 26.1 Å². The molecule has 1 N–H and O–H groups in total. The minimum absolute atomic E-state index is 0.165. The number of esters is 1. The van der Waals surface area contributed by atoms with Crippen LogP contribution in [-0.2, 0) is 14.3 Å². The smallest absolute Gasteiger partial charge is 0.307 e. The first-order valence-corrected chi connectivity index (χ1v) is 7.29. The molecule has 0 bridgehead atoms. The number of nitrogens with one attached hydrogen (secondary N) is 1. The Bertz CT molecular complexity index is 517. The number of hydrogen-bond donors (Lipinski definition) is 1. The second kappa shape index (κ2) is 8.92. The fraction of sp³-hybridized carbons (Fsp3) is 0.500. The minimum atomic E-state index is -0.232. The van der Waals surface area contributed by atoms with Gasteiger partial charge in [-0.2, -0.15) is 0 Å². The van der Waals surface area contributed by atoms with Crippen LogP contribution in [0.5, 0.6) is 5.75 Å². The lowest BCUT2D eigenvalue weighted by Gasteiger charge is -2.25. The monoisotopic (exact) mass is 307 g/mol. The summed E-state index contributed by atoms with van der Waals surface area (Å²) in [6, 6.07) is 6.41. The van der Waals surface area contributed by atoms with Gasteiger partial charge in [-0.15, -0.1) is 0 Å². The van der Waals surface area contributed by atoms with Crippen LogP contribution in [0.2, 0.25) is 0 Å². The van der Waals surface area contributed by atoms with E-state index >= 15 is 0 Å². The van der Waals surface area contributed by atoms with Crippen LogP contribution < -0.4 is 15.0 Å². The van der Waals surface area contributed by atoms with Gasteiger partial charge in [-0.3, -0.25) is 9.59 Å². The number of methoxy groups -OCH3 is 1. The largest absolute Gasteiger partial charge is 0.495 e. The average Bonchev–Trinajstić information content (AvgIpc) is 2.48. The van der Waals surface area contributed by atoms with E-state index in [4.69, 9.17) is 9.47 Å². The second-order valence-electron chi connectivity index (χ2n) is 4.62. The first-order valence-electron chi connectivity index (χ1n) is 7.29. The molecule has 0 fully saturated rings. The fourth-order valence-electron chi connectivity index (χ4n) is 2.05. The van der Waals surface area contributed by atoms with Crippen LogP contribution in [0.15, 0.2) is 12.1 Å². The molecule has 121 valence electrons. The number of benzene rings is 1. The van der Waals surface area contributed by atoms with Gasteiger partial charge in [-0.1, -0.05) is 0 Å². The van der Waals surface area contributed by atoms with E-state index in [-0.39, 0.29) is 11.9 Å². The number of rotatable bonds is 8. The van der Waals surface area contributed by atoms with E-state index in [0.717, 1.165) is 5.69 Å². The second-order valence-corrected chi connectivity index (χ2v) is 4.62. The Morgan fingerprint density at radius 3 is 2.64 bits per heavy atom. The molecule has 0 aliphatic heterocycles. The maximum Gasteiger partial charge on any atom is 0.307 e. The van der Waals surface area contributed by atoms with E-state index in [2.05, 4.69) is 11.4 Å². The van der Waals surface area contributed by atoms with E-state index < -0.39 is 0 Å². The first-order chi connectivity index (χ1) is 10.5. The zero-order chi connectivity index (χ0) is 16.5. The average molecular weight is 307 g/mol. The molecule has 0 unspecified atom stereocenters. The van der Waals surface area contributed by atoms with E-state index in [1.54, 1.807) is 26.2 Å². The highest BCUT2D eigenvalue weighted by molar-refractivity contribution is 5.89. The Labute approximate surface area is 131 Å². The van der Waals surface area contributed by atoms with Crippen LogP contribution in [-0.4, -0.2) is 38.7 Å². The molecule has 0 saturated carbocycles. The van der Waals surface area contributed by atoms with E-state index in [1.807, 2.05) is 11.8 Å². The summed E-state index contributed by atoms with van der Waals surface area (Å²) in [5.74, 6) is 0.242. The van der Waals surface area contributed by atoms with E-state index in [9.17, 15) is 9.59 Å². The fourth-order valence-corrected chi connectivity index (χ4v) is 2.05. The van der Waals surface area contributed by atoms with Gasteiger partial charge in [-0.25, -0.2) is 0 Å². The molecule has 1 amide bonds. The van der Waals surface area contributed by atoms with Crippen molar-refractivity contribution in [2.45, 2.75) is 27.2 Å². The molecule has 22 heavy (non-hydrogen) atoms. The predicted octanol–water partition coefficient (Wildman–Crippen LogP) is 2.23. The van der Waals surface area contributed by atoms with Gasteiger partial charge < -0.3 is 19.7 Å². The van der Waals surface area contributed by atoms with Gasteiger partial charge in [-0.05, 0) is 26.0 Å². The molecule has 0 saturated heterocycles. The maximum atomic E-state index is 11.5. The SMILES string of the molecule is CCOC(=O)CCN(CC)c1cc(NC(C)=O)[c]cc1OC. The maximum absolute atomic E-state index is 11.5. The number of nitrogens with zero attached hydrogens (tertiary/aromatic N) is 1. The quantitative estimate of drug-likeness (QED) is 0.746. The number of carbonyl (C=O) groups excluding carboxylic acids is 2. The van der Waals surface area contributed by atoms with Gasteiger partial charge in [0.15, 0.2) is 0 Å². The van der Waals surface area contributed by atoms with Gasteiger partial charge in [0.05, 0.1) is 31.5 Å². The highest BCUT2D eigenvalue weighted by Crippen LogP contribution is 2.31. The molecule has 0 spiro atoms. The molecule has 6 nitrogen and oxygen atoms in total. The van der Waals surface area contributed by atoms with Crippen LogP contribution in [0, 0.1) is 6.07 Å². The summed E-state index contributed by atoms with van der Waals surface area (Å²) < 4.78 is 10.3. The predicted molar refractivity (Wildman–Crippen MR) is 85.3 cm³/mol. The van der Waals surface area contributed by atoms with Gasteiger partial charge in [0.25, 0.3) is 0 Å². The molecule has 0 aliphatic carbocycles. The molecule has 0 heterocycles. The highest BCUT2D eigenvalue weighted by atomic mass is 16.5. The van der Waals surface area contributed by atoms with Crippen molar-refractivity contribution >= 4 is 23.3 Å². The molecular weight excluding hydrogens is 284 g/mol. The Morgan fingerprint density at radius 1 is 1.36 bits per heavy atom. The summed E-state index contributed by atoms with van der Waals surface area (Å²) in [5.41, 5.74) is 1.37. The lowest BCUT2D eigenvalue weighted by atomic mass is 10.2. The summed E-state index contributed by atoms with van der Waals surface area (Å²) in [4.78, 5) is 24.7. The molecule has 0 aromatic heterocycles. The van der Waals surface area contributed by atoms with Crippen LogP contribution >= 0.6 is 0 Å². The van der Waals surface area contributed by atoms with Crippen molar-refractivity contribution in [3.8, 4) is 5.75 Å². The van der Waals surface area contributed by atoms with Gasteiger partial charge in [0.2, 0.25) is 5.91 Å². The van der Waals surface area contributed by atoms with Crippen molar-refractivity contribution in [2.24, 2.45) is 0 Å². The summed E-state index contributed by atoms with van der Waals surface area (Å²) in [7, 11) is 1.57. The third-order valence-corrected chi connectivity index (χ3v) is 3.04. The van der Waals surface area contributed by atoms with E-state index in [1.165, 1.54) is 6.92 Å². The summed E-state index contributed by atoms with van der Waals surface area (Å²) in [5, 5.41) is 2.69. The van der Waals surface area contributed by atoms with Crippen LogP contribution in [0.4, 0.5) is 11.4 Å². The number of hydrogen-bond acceptors (Lipinski definition) is 5. The Kier molecular flexibility index (Phi) is 7.22. The zero-order valence-electron chi connectivity index (χ0n) is 13.6. The van der Waals surface area contributed by atoms with Crippen LogP contribution in [0.25, 0.3) is 0 Å². The van der Waals surface area contributed by atoms with Crippen molar-refractivity contribution < 1.29 is 19.1 Å². The van der Waals surface area contributed by atoms with Crippen LogP contribution in [0.3, 0.4) is 0 Å². The zero-order valence-corrected chi connectivity index (χ0v) is 13.6. The highest BCUT2D eigenvalue weighted by Gasteiger charge is 2.14. The minimum Gasteiger partial charge on any atom is -0.495 e. The summed E-state index contributed by atoms with van der Waals surface area (Å²) >= 11 is 0. The van der Waals surface area contributed by atoms with Crippen molar-refractivity contribution in [1.29, 1.82) is 0 Å². The molecule has 1 radical (unpaired) electrons. The molecule has 1 aromatic carbocycles. The third-order valence-electron chi connectivity index (χ3n) is 3.04. The lowest BCUT2D eigenvalue weighted by molar-refractivity contribution is -0.142. The molecule has 1 aromatic rings. The number of ether oxygens (including phenoxy) is 2. The van der Waals surface area contributed by atoms with E-state index in [0.29, 0.717) is 37.6 Å². The third kappa shape index (κ3) is 5.27. The normalized spacial score (nSPS) is 10.0. The standard InChI is InChI=1S/C16H23N2O4/c1-5-18(10-9-16(20)22-6-2)14-11-13(17-12(3)19)7-8-15(14)21-4/h8,11H,5-6,9-10H2,1-4H3,(H,17,19). The Balaban J connectivity index is 2.92. The summed E-state index contributed by atoms with van der Waals surface area (Å²) in [6.07, 6.45) is 0.291. The van der Waals surface area contributed by atoms with Crippen molar-refractivity contribution in [3.63, 3.8) is 0 Å².